The molecule has 424 valence electrons. The predicted octanol–water partition coefficient (Wildman–Crippen LogP) is 21.6. The molecule has 0 rings (SSSR count). The summed E-state index contributed by atoms with van der Waals surface area (Å²) in [6.45, 7) is 6.57. The van der Waals surface area contributed by atoms with E-state index in [1.807, 2.05) is 0 Å². The second kappa shape index (κ2) is 61.7. The van der Waals surface area contributed by atoms with Crippen LogP contribution in [-0.2, 0) is 28.6 Å². The molecule has 0 amide bonds. The topological polar surface area (TPSA) is 78.9 Å². The third-order valence-electron chi connectivity index (χ3n) is 14.0. The third-order valence-corrected chi connectivity index (χ3v) is 14.0. The molecule has 1 unspecified atom stereocenters. The van der Waals surface area contributed by atoms with Gasteiger partial charge in [-0.25, -0.2) is 0 Å². The van der Waals surface area contributed by atoms with Crippen LogP contribution in [-0.4, -0.2) is 37.2 Å². The van der Waals surface area contributed by atoms with Crippen LogP contribution in [0.25, 0.3) is 0 Å². The molecule has 6 nitrogen and oxygen atoms in total. The molecule has 0 spiro atoms. The SMILES string of the molecule is CC/C=C\C/C=C\C/C=C\C/C=C\C/C=C\CCCCCCCCCC(=O)OCC(COC(=O)CCCCCCCCCCCCCCCC)OC(=O)CCCCCCCCCCCCCCCCCCCC. The van der Waals surface area contributed by atoms with Gasteiger partial charge in [0.1, 0.15) is 13.2 Å². The van der Waals surface area contributed by atoms with Gasteiger partial charge in [0.25, 0.3) is 0 Å². The lowest BCUT2D eigenvalue weighted by Gasteiger charge is -2.18. The Morgan fingerprint density at radius 2 is 0.534 bits per heavy atom. The van der Waals surface area contributed by atoms with Gasteiger partial charge in [0.2, 0.25) is 0 Å². The number of unbranched alkanes of at least 4 members (excludes halogenated alkanes) is 37. The van der Waals surface area contributed by atoms with E-state index in [0.717, 1.165) is 96.3 Å². The van der Waals surface area contributed by atoms with Gasteiger partial charge in [-0.1, -0.05) is 306 Å². The Balaban J connectivity index is 4.34. The molecule has 0 bridgehead atoms. The van der Waals surface area contributed by atoms with Gasteiger partial charge in [0.05, 0.1) is 0 Å². The van der Waals surface area contributed by atoms with Crippen LogP contribution >= 0.6 is 0 Å². The summed E-state index contributed by atoms with van der Waals surface area (Å²) < 4.78 is 16.9. The molecule has 0 aromatic rings. The molecule has 0 saturated carbocycles. The molecule has 0 heterocycles. The standard InChI is InChI=1S/C67H120O6/c1-4-7-10-13-16-19-22-25-28-30-32-33-34-35-36-38-39-42-45-48-51-54-57-60-66(69)72-63-64(62-71-65(68)59-56-53-50-47-44-41-27-24-21-18-15-12-9-6-3)73-67(70)61-58-55-52-49-46-43-40-37-31-29-26-23-20-17-14-11-8-5-2/h7,10,16,19,25,28,32-33,35-36,64H,4-6,8-9,11-15,17-18,20-24,26-27,29-31,34,37-63H2,1-3H3/b10-7-,19-16-,28-25-,33-32-,36-35-. The minimum absolute atomic E-state index is 0.0728. The smallest absolute Gasteiger partial charge is 0.306 e. The van der Waals surface area contributed by atoms with E-state index in [-0.39, 0.29) is 31.1 Å². The van der Waals surface area contributed by atoms with Crippen LogP contribution in [0.3, 0.4) is 0 Å². The zero-order valence-corrected chi connectivity index (χ0v) is 48.7. The average molecular weight is 1020 g/mol. The highest BCUT2D eigenvalue weighted by Crippen LogP contribution is 2.17. The molecule has 0 fully saturated rings. The lowest BCUT2D eigenvalue weighted by atomic mass is 10.0. The zero-order valence-electron chi connectivity index (χ0n) is 48.7. The van der Waals surface area contributed by atoms with Crippen LogP contribution in [0.1, 0.15) is 329 Å². The van der Waals surface area contributed by atoms with Crippen molar-refractivity contribution in [1.29, 1.82) is 0 Å². The molecule has 73 heavy (non-hydrogen) atoms. The number of rotatable bonds is 58. The van der Waals surface area contributed by atoms with Gasteiger partial charge in [-0.05, 0) is 64.2 Å². The molecule has 0 aromatic heterocycles. The summed E-state index contributed by atoms with van der Waals surface area (Å²) in [7, 11) is 0. The van der Waals surface area contributed by atoms with E-state index in [9.17, 15) is 14.4 Å². The predicted molar refractivity (Wildman–Crippen MR) is 316 cm³/mol. The Labute approximate surface area is 453 Å². The summed E-state index contributed by atoms with van der Waals surface area (Å²) in [6.07, 6.45) is 77.9. The van der Waals surface area contributed by atoms with Crippen LogP contribution in [0.5, 0.6) is 0 Å². The fourth-order valence-corrected chi connectivity index (χ4v) is 9.30. The molecule has 0 aliphatic heterocycles. The number of allylic oxidation sites excluding steroid dienone is 10. The first-order valence-electron chi connectivity index (χ1n) is 31.8. The van der Waals surface area contributed by atoms with Gasteiger partial charge in [-0.3, -0.25) is 14.4 Å². The van der Waals surface area contributed by atoms with Gasteiger partial charge in [-0.2, -0.15) is 0 Å². The minimum Gasteiger partial charge on any atom is -0.462 e. The molecule has 0 aromatic carbocycles. The highest BCUT2D eigenvalue weighted by Gasteiger charge is 2.19. The van der Waals surface area contributed by atoms with Crippen LogP contribution in [0, 0.1) is 0 Å². The van der Waals surface area contributed by atoms with Crippen LogP contribution in [0.2, 0.25) is 0 Å². The van der Waals surface area contributed by atoms with Gasteiger partial charge in [0.15, 0.2) is 6.10 Å². The molecular formula is C67H120O6. The number of ether oxygens (including phenoxy) is 3. The van der Waals surface area contributed by atoms with Crippen molar-refractivity contribution in [3.05, 3.63) is 60.8 Å². The molecule has 0 saturated heterocycles. The van der Waals surface area contributed by atoms with E-state index < -0.39 is 6.10 Å². The molecule has 0 N–H and O–H groups in total. The fourth-order valence-electron chi connectivity index (χ4n) is 9.30. The van der Waals surface area contributed by atoms with Crippen molar-refractivity contribution < 1.29 is 28.6 Å². The van der Waals surface area contributed by atoms with E-state index in [0.29, 0.717) is 19.3 Å². The number of hydrogen-bond donors (Lipinski definition) is 0. The molecule has 0 radical (unpaired) electrons. The number of carbonyl (C=O) groups is 3. The summed E-state index contributed by atoms with van der Waals surface area (Å²) in [5.41, 5.74) is 0. The first-order valence-corrected chi connectivity index (χ1v) is 31.8. The van der Waals surface area contributed by atoms with Crippen molar-refractivity contribution in [1.82, 2.24) is 0 Å². The summed E-state index contributed by atoms with van der Waals surface area (Å²) >= 11 is 0. The van der Waals surface area contributed by atoms with Crippen LogP contribution in [0.15, 0.2) is 60.8 Å². The summed E-state index contributed by atoms with van der Waals surface area (Å²) in [5, 5.41) is 0. The van der Waals surface area contributed by atoms with E-state index in [4.69, 9.17) is 14.2 Å². The lowest BCUT2D eigenvalue weighted by Crippen LogP contribution is -2.30. The first kappa shape index (κ1) is 70.1. The fraction of sp³-hybridized carbons (Fsp3) is 0.806. The van der Waals surface area contributed by atoms with Crippen molar-refractivity contribution >= 4 is 17.9 Å². The lowest BCUT2D eigenvalue weighted by molar-refractivity contribution is -0.167. The maximum absolute atomic E-state index is 12.9. The largest absolute Gasteiger partial charge is 0.462 e. The minimum atomic E-state index is -0.776. The van der Waals surface area contributed by atoms with Gasteiger partial charge in [0, 0.05) is 19.3 Å². The second-order valence-corrected chi connectivity index (χ2v) is 21.3. The Kier molecular flexibility index (Phi) is 59.2. The number of carbonyl (C=O) groups excluding carboxylic acids is 3. The number of hydrogen-bond acceptors (Lipinski definition) is 6. The highest BCUT2D eigenvalue weighted by molar-refractivity contribution is 5.71. The van der Waals surface area contributed by atoms with Gasteiger partial charge >= 0.3 is 17.9 Å². The van der Waals surface area contributed by atoms with Crippen molar-refractivity contribution in [2.24, 2.45) is 0 Å². The highest BCUT2D eigenvalue weighted by atomic mass is 16.6. The summed E-state index contributed by atoms with van der Waals surface area (Å²) in [6, 6.07) is 0. The number of esters is 3. The molecule has 6 heteroatoms. The Morgan fingerprint density at radius 1 is 0.288 bits per heavy atom. The molecule has 1 atom stereocenters. The zero-order chi connectivity index (χ0) is 52.9. The molecule has 0 aliphatic carbocycles. The van der Waals surface area contributed by atoms with Crippen molar-refractivity contribution in [3.63, 3.8) is 0 Å². The monoisotopic (exact) mass is 1020 g/mol. The van der Waals surface area contributed by atoms with E-state index >= 15 is 0 Å². The maximum atomic E-state index is 12.9. The molecule has 0 aliphatic rings. The average Bonchev–Trinajstić information content (AvgIpc) is 3.39. The Bertz CT molecular complexity index is 1310. The maximum Gasteiger partial charge on any atom is 0.306 e. The summed E-state index contributed by atoms with van der Waals surface area (Å²) in [4.78, 5) is 38.3. The van der Waals surface area contributed by atoms with Gasteiger partial charge < -0.3 is 14.2 Å². The van der Waals surface area contributed by atoms with E-state index in [1.165, 1.54) is 193 Å². The Morgan fingerprint density at radius 3 is 0.836 bits per heavy atom. The second-order valence-electron chi connectivity index (χ2n) is 21.3. The van der Waals surface area contributed by atoms with Crippen LogP contribution < -0.4 is 0 Å². The molecular weight excluding hydrogens is 901 g/mol. The Hall–Kier alpha value is -2.89. The van der Waals surface area contributed by atoms with Crippen LogP contribution in [0.4, 0.5) is 0 Å². The van der Waals surface area contributed by atoms with Crippen molar-refractivity contribution in [3.8, 4) is 0 Å². The quantitative estimate of drug-likeness (QED) is 0.0261. The van der Waals surface area contributed by atoms with E-state index in [2.05, 4.69) is 81.5 Å². The van der Waals surface area contributed by atoms with Crippen molar-refractivity contribution in [2.75, 3.05) is 13.2 Å². The normalized spacial score (nSPS) is 12.4. The first-order chi connectivity index (χ1) is 36.0. The van der Waals surface area contributed by atoms with Crippen molar-refractivity contribution in [2.45, 2.75) is 335 Å². The summed E-state index contributed by atoms with van der Waals surface area (Å²) in [5.74, 6) is -0.863. The van der Waals surface area contributed by atoms with E-state index in [1.54, 1.807) is 0 Å². The third kappa shape index (κ3) is 59.9. The van der Waals surface area contributed by atoms with Gasteiger partial charge in [-0.15, -0.1) is 0 Å².